The van der Waals surface area contributed by atoms with Gasteiger partial charge in [-0.2, -0.15) is 31.6 Å². The van der Waals surface area contributed by atoms with Gasteiger partial charge in [0.1, 0.15) is 80.6 Å². The number of alkyl halides is 3. The largest absolute Gasteiger partial charge is 0.419 e. The molecular formula is C51H28BrClF25N3O4. The van der Waals surface area contributed by atoms with Crippen LogP contribution in [0.1, 0.15) is 50.1 Å². The molecule has 7 rings (SSSR count). The first-order chi connectivity index (χ1) is 38.8. The quantitative estimate of drug-likeness (QED) is 0.0563. The van der Waals surface area contributed by atoms with Crippen molar-refractivity contribution in [1.29, 1.82) is 5.26 Å². The topological polar surface area (TPSA) is 110 Å². The number of nitro groups is 2. The first-order valence-corrected chi connectivity index (χ1v) is 22.7. The van der Waals surface area contributed by atoms with Crippen molar-refractivity contribution in [3.8, 4) is 6.07 Å². The second-order valence-electron chi connectivity index (χ2n) is 16.0. The maximum absolute atomic E-state index is 12.9. The molecule has 460 valence electrons. The van der Waals surface area contributed by atoms with E-state index in [9.17, 15) is 130 Å². The average molecular weight is 1340 g/mol. The smallest absolute Gasteiger partial charge is 0.258 e. The van der Waals surface area contributed by atoms with E-state index in [0.29, 0.717) is 24.3 Å². The van der Waals surface area contributed by atoms with Crippen LogP contribution in [-0.4, -0.2) is 9.85 Å². The van der Waals surface area contributed by atoms with E-state index in [2.05, 4.69) is 15.9 Å². The van der Waals surface area contributed by atoms with Crippen LogP contribution < -0.4 is 0 Å². The summed E-state index contributed by atoms with van der Waals surface area (Å²) in [4.78, 5) is 17.8. The molecule has 0 radical (unpaired) electrons. The number of hydrogen-bond donors (Lipinski definition) is 0. The summed E-state index contributed by atoms with van der Waals surface area (Å²) in [7, 11) is 0. The Bertz CT molecular complexity index is 3510. The van der Waals surface area contributed by atoms with Gasteiger partial charge in [-0.1, -0.05) is 11.6 Å². The molecule has 0 saturated heterocycles. The van der Waals surface area contributed by atoms with Crippen molar-refractivity contribution < 1.29 is 120 Å². The summed E-state index contributed by atoms with van der Waals surface area (Å²) < 4.78 is 312. The van der Waals surface area contributed by atoms with Gasteiger partial charge in [-0.25, -0.2) is 83.4 Å². The first-order valence-electron chi connectivity index (χ1n) is 21.5. The van der Waals surface area contributed by atoms with Crippen molar-refractivity contribution in [2.24, 2.45) is 0 Å². The Kier molecular flexibility index (Phi) is 27.4. The second kappa shape index (κ2) is 31.1. The van der Waals surface area contributed by atoms with Gasteiger partial charge in [-0.05, 0) is 70.5 Å². The zero-order chi connectivity index (χ0) is 66.5. The van der Waals surface area contributed by atoms with E-state index < -0.39 is 194 Å². The molecule has 0 bridgehead atoms. The standard InChI is InChI=1S/C8H4F6.C8H4F3N.C7H4BrF3.C7H4ClF3.C7H4F4.2C7H4F3NO2/c1-3-5(9)2-4(8(12,13)14)7(11)6(3)10;1-4-6(9)2-7(10)5(3-12)8(4)11;2*1-3-4(9)2-5(10)6(8)7(3)11;1-3-6(10)4(8)2-5(9)7(3)11;1-3-4(8)2-5(11(12)13)7(10)6(3)9;1-3-4(8)2-5(9)7(6(3)10)11(12)13/h2H,1H3;2H,1H3;3*2H,1H3;2*2H,1H3. The van der Waals surface area contributed by atoms with Crippen LogP contribution >= 0.6 is 27.5 Å². The maximum atomic E-state index is 12.9. The lowest BCUT2D eigenvalue weighted by Gasteiger charge is -2.10. The lowest BCUT2D eigenvalue weighted by Crippen LogP contribution is -2.11. The molecule has 7 aromatic carbocycles. The summed E-state index contributed by atoms with van der Waals surface area (Å²) in [6, 6.07) is 3.77. The molecule has 0 N–H and O–H groups in total. The Labute approximate surface area is 473 Å². The molecule has 0 spiro atoms. The highest BCUT2D eigenvalue weighted by molar-refractivity contribution is 9.10. The molecule has 7 nitrogen and oxygen atoms in total. The van der Waals surface area contributed by atoms with Crippen molar-refractivity contribution in [3.05, 3.63) is 250 Å². The van der Waals surface area contributed by atoms with Gasteiger partial charge < -0.3 is 0 Å². The number of benzene rings is 7. The van der Waals surface area contributed by atoms with E-state index in [4.69, 9.17) is 16.9 Å². The van der Waals surface area contributed by atoms with Crippen LogP contribution in [0.3, 0.4) is 0 Å². The molecule has 0 aliphatic heterocycles. The second-order valence-corrected chi connectivity index (χ2v) is 17.1. The van der Waals surface area contributed by atoms with Crippen LogP contribution in [0.5, 0.6) is 0 Å². The molecule has 0 unspecified atom stereocenters. The molecule has 0 aromatic heterocycles. The van der Waals surface area contributed by atoms with Crippen molar-refractivity contribution in [3.63, 3.8) is 0 Å². The highest BCUT2D eigenvalue weighted by atomic mass is 79.9. The zero-order valence-electron chi connectivity index (χ0n) is 42.7. The molecule has 0 fully saturated rings. The number of hydrogen-bond acceptors (Lipinski definition) is 5. The minimum atomic E-state index is -5.10. The van der Waals surface area contributed by atoms with E-state index in [0.717, 1.165) is 34.6 Å². The fraction of sp³-hybridized carbons (Fsp3) is 0.157. The van der Waals surface area contributed by atoms with Crippen molar-refractivity contribution in [1.82, 2.24) is 0 Å². The van der Waals surface area contributed by atoms with Gasteiger partial charge in [0.15, 0.2) is 46.5 Å². The maximum Gasteiger partial charge on any atom is 0.419 e. The van der Waals surface area contributed by atoms with E-state index >= 15 is 0 Å². The van der Waals surface area contributed by atoms with Gasteiger partial charge in [0.25, 0.3) is 0 Å². The Morgan fingerprint density at radius 2 is 0.729 bits per heavy atom. The number of nitriles is 1. The van der Waals surface area contributed by atoms with Gasteiger partial charge >= 0.3 is 17.6 Å². The van der Waals surface area contributed by atoms with E-state index in [1.807, 2.05) is 0 Å². The van der Waals surface area contributed by atoms with Gasteiger partial charge in [0.05, 0.1) is 25.9 Å². The highest BCUT2D eigenvalue weighted by Gasteiger charge is 2.37. The molecule has 0 aliphatic carbocycles. The predicted octanol–water partition coefficient (Wildman–Crippen LogP) is 19.1. The molecular weight excluding hydrogens is 1310 g/mol. The summed E-state index contributed by atoms with van der Waals surface area (Å²) in [6.07, 6.45) is -5.10. The summed E-state index contributed by atoms with van der Waals surface area (Å²) in [5.41, 5.74) is -8.51. The predicted molar refractivity (Wildman–Crippen MR) is 253 cm³/mol. The Balaban J connectivity index is 0.000000497. The fourth-order valence-electron chi connectivity index (χ4n) is 5.34. The van der Waals surface area contributed by atoms with Gasteiger partial charge in [-0.15, -0.1) is 0 Å². The Morgan fingerprint density at radius 1 is 0.388 bits per heavy atom. The van der Waals surface area contributed by atoms with Crippen molar-refractivity contribution >= 4 is 38.9 Å². The van der Waals surface area contributed by atoms with E-state index in [1.54, 1.807) is 0 Å². The molecule has 85 heavy (non-hydrogen) atoms. The van der Waals surface area contributed by atoms with E-state index in [1.165, 1.54) is 19.9 Å². The fourth-order valence-corrected chi connectivity index (χ4v) is 5.95. The molecule has 0 saturated carbocycles. The molecule has 0 amide bonds. The van der Waals surface area contributed by atoms with Crippen LogP contribution in [0.2, 0.25) is 5.02 Å². The van der Waals surface area contributed by atoms with Crippen LogP contribution in [0.25, 0.3) is 0 Å². The van der Waals surface area contributed by atoms with Crippen LogP contribution in [0, 0.1) is 208 Å². The van der Waals surface area contributed by atoms with Gasteiger partial charge in [0, 0.05) is 69.3 Å². The minimum absolute atomic E-state index is 0.0618. The van der Waals surface area contributed by atoms with Crippen LogP contribution in [-0.2, 0) is 6.18 Å². The van der Waals surface area contributed by atoms with Crippen LogP contribution in [0.15, 0.2) is 46.9 Å². The number of nitrogens with zero attached hydrogens (tertiary/aromatic N) is 3. The summed E-state index contributed by atoms with van der Waals surface area (Å²) >= 11 is 7.79. The zero-order valence-corrected chi connectivity index (χ0v) is 45.1. The first kappa shape index (κ1) is 74.9. The Morgan fingerprint density at radius 3 is 1.15 bits per heavy atom. The third-order valence-corrected chi connectivity index (χ3v) is 11.4. The summed E-state index contributed by atoms with van der Waals surface area (Å²) in [6.45, 7) is 7.40. The van der Waals surface area contributed by atoms with Gasteiger partial charge in [-0.3, -0.25) is 20.2 Å². The Hall–Kier alpha value is -8.15. The number of nitro benzene ring substituents is 2. The average Bonchev–Trinajstić information content (AvgIpc) is 3.32. The summed E-state index contributed by atoms with van der Waals surface area (Å²) in [5, 5.41) is 27.8. The molecule has 34 heteroatoms. The minimum Gasteiger partial charge on any atom is -0.258 e. The monoisotopic (exact) mass is 1340 g/mol. The highest BCUT2D eigenvalue weighted by Crippen LogP contribution is 2.34. The molecule has 7 aromatic rings. The molecule has 0 atom stereocenters. The lowest BCUT2D eigenvalue weighted by atomic mass is 10.1. The molecule has 0 aliphatic rings. The SMILES string of the molecule is Cc1c(F)c(F)cc(F)c1F.Cc1c(F)cc(C(F)(F)F)c(F)c1F.Cc1c(F)cc(F)c(Br)c1F.Cc1c(F)cc(F)c(C#N)c1F.Cc1c(F)cc(F)c(Cl)c1F.Cc1c(F)cc(F)c([N+](=O)[O-])c1F.Cc1c(F)cc([N+](=O)[O-])c(F)c1F. The third-order valence-electron chi connectivity index (χ3n) is 10.3. The number of rotatable bonds is 2. The van der Waals surface area contributed by atoms with Crippen LogP contribution in [0.4, 0.5) is 121 Å². The molecule has 0 heterocycles. The van der Waals surface area contributed by atoms with Gasteiger partial charge in [0.2, 0.25) is 17.5 Å². The lowest BCUT2D eigenvalue weighted by molar-refractivity contribution is -0.390. The third kappa shape index (κ3) is 18.9. The van der Waals surface area contributed by atoms with E-state index in [-0.39, 0.29) is 39.4 Å². The number of halogens is 27. The summed E-state index contributed by atoms with van der Waals surface area (Å²) in [5.74, 6) is -28.1. The van der Waals surface area contributed by atoms with Crippen molar-refractivity contribution in [2.45, 2.75) is 54.6 Å². The van der Waals surface area contributed by atoms with Crippen molar-refractivity contribution in [2.75, 3.05) is 0 Å². The normalized spacial score (nSPS) is 10.4.